The molecule has 4 nitrogen and oxygen atoms in total. The fourth-order valence-corrected chi connectivity index (χ4v) is 2.19. The van der Waals surface area contributed by atoms with Crippen molar-refractivity contribution >= 4 is 29.9 Å². The SMILES string of the molecule is CN=C(NCCCCN(C)C(C)C)NCCc1ccccc1F.I. The average molecular weight is 450 g/mol. The van der Waals surface area contributed by atoms with Crippen LogP contribution in [0.5, 0.6) is 0 Å². The van der Waals surface area contributed by atoms with Gasteiger partial charge in [-0.2, -0.15) is 0 Å². The summed E-state index contributed by atoms with van der Waals surface area (Å²) in [4.78, 5) is 6.54. The van der Waals surface area contributed by atoms with Gasteiger partial charge in [-0.05, 0) is 58.3 Å². The Balaban J connectivity index is 0.00000529. The number of aliphatic imine (C=N–C) groups is 1. The maximum absolute atomic E-state index is 13.5. The Bertz CT molecular complexity index is 480. The van der Waals surface area contributed by atoms with E-state index in [1.807, 2.05) is 12.1 Å². The molecule has 138 valence electrons. The highest BCUT2D eigenvalue weighted by Gasteiger charge is 2.03. The van der Waals surface area contributed by atoms with Crippen LogP contribution in [0.2, 0.25) is 0 Å². The third-order valence-corrected chi connectivity index (χ3v) is 3.98. The summed E-state index contributed by atoms with van der Waals surface area (Å²) in [7, 11) is 3.91. The summed E-state index contributed by atoms with van der Waals surface area (Å²) in [5.41, 5.74) is 0.729. The first-order valence-corrected chi connectivity index (χ1v) is 8.42. The van der Waals surface area contributed by atoms with Crippen LogP contribution in [0.1, 0.15) is 32.3 Å². The van der Waals surface area contributed by atoms with Crippen LogP contribution in [-0.4, -0.2) is 50.6 Å². The highest BCUT2D eigenvalue weighted by atomic mass is 127. The van der Waals surface area contributed by atoms with E-state index in [2.05, 4.69) is 41.4 Å². The predicted octanol–water partition coefficient (Wildman–Crippen LogP) is 3.27. The minimum absolute atomic E-state index is 0. The molecule has 0 unspecified atom stereocenters. The van der Waals surface area contributed by atoms with E-state index < -0.39 is 0 Å². The summed E-state index contributed by atoms with van der Waals surface area (Å²) < 4.78 is 13.5. The second kappa shape index (κ2) is 13.4. The van der Waals surface area contributed by atoms with Crippen molar-refractivity contribution in [3.05, 3.63) is 35.6 Å². The molecule has 0 aliphatic carbocycles. The minimum atomic E-state index is -0.147. The Kier molecular flexibility index (Phi) is 12.9. The van der Waals surface area contributed by atoms with Crippen molar-refractivity contribution in [3.63, 3.8) is 0 Å². The third-order valence-electron chi connectivity index (χ3n) is 3.98. The van der Waals surface area contributed by atoms with Crippen LogP contribution >= 0.6 is 24.0 Å². The summed E-state index contributed by atoms with van der Waals surface area (Å²) in [5, 5.41) is 6.52. The molecule has 0 atom stereocenters. The Morgan fingerprint density at radius 3 is 2.46 bits per heavy atom. The van der Waals surface area contributed by atoms with E-state index in [0.717, 1.165) is 37.5 Å². The average Bonchev–Trinajstić information content (AvgIpc) is 2.54. The highest BCUT2D eigenvalue weighted by Crippen LogP contribution is 2.06. The number of guanidine groups is 1. The van der Waals surface area contributed by atoms with E-state index in [1.54, 1.807) is 13.1 Å². The van der Waals surface area contributed by atoms with E-state index >= 15 is 0 Å². The van der Waals surface area contributed by atoms with Gasteiger partial charge >= 0.3 is 0 Å². The molecule has 6 heteroatoms. The second-order valence-corrected chi connectivity index (χ2v) is 6.05. The fourth-order valence-electron chi connectivity index (χ4n) is 2.19. The third kappa shape index (κ3) is 9.42. The van der Waals surface area contributed by atoms with Gasteiger partial charge in [0.1, 0.15) is 5.82 Å². The quantitative estimate of drug-likeness (QED) is 0.263. The molecule has 0 fully saturated rings. The molecule has 0 saturated heterocycles. The topological polar surface area (TPSA) is 39.7 Å². The smallest absolute Gasteiger partial charge is 0.190 e. The maximum atomic E-state index is 13.5. The van der Waals surface area contributed by atoms with Crippen molar-refractivity contribution < 1.29 is 4.39 Å². The number of benzene rings is 1. The van der Waals surface area contributed by atoms with E-state index in [0.29, 0.717) is 19.0 Å². The first-order valence-electron chi connectivity index (χ1n) is 8.42. The zero-order chi connectivity index (χ0) is 17.1. The van der Waals surface area contributed by atoms with Gasteiger partial charge in [-0.1, -0.05) is 18.2 Å². The largest absolute Gasteiger partial charge is 0.356 e. The highest BCUT2D eigenvalue weighted by molar-refractivity contribution is 14.0. The second-order valence-electron chi connectivity index (χ2n) is 6.05. The molecule has 0 heterocycles. The van der Waals surface area contributed by atoms with Crippen LogP contribution in [-0.2, 0) is 6.42 Å². The van der Waals surface area contributed by atoms with E-state index in [1.165, 1.54) is 6.07 Å². The van der Waals surface area contributed by atoms with Crippen molar-refractivity contribution in [1.82, 2.24) is 15.5 Å². The zero-order valence-corrected chi connectivity index (χ0v) is 17.6. The number of nitrogens with one attached hydrogen (secondary N) is 2. The van der Waals surface area contributed by atoms with Crippen molar-refractivity contribution in [2.24, 2.45) is 4.99 Å². The Labute approximate surface area is 163 Å². The Morgan fingerprint density at radius 1 is 1.17 bits per heavy atom. The van der Waals surface area contributed by atoms with Gasteiger partial charge in [0.05, 0.1) is 0 Å². The van der Waals surface area contributed by atoms with Crippen molar-refractivity contribution in [2.75, 3.05) is 33.7 Å². The van der Waals surface area contributed by atoms with Gasteiger partial charge in [0.25, 0.3) is 0 Å². The molecule has 0 saturated carbocycles. The molecule has 0 bridgehead atoms. The molecular weight excluding hydrogens is 418 g/mol. The van der Waals surface area contributed by atoms with Gasteiger partial charge < -0.3 is 15.5 Å². The summed E-state index contributed by atoms with van der Waals surface area (Å²) in [5.74, 6) is 0.630. The standard InChI is InChI=1S/C18H31FN4.HI/c1-15(2)23(4)14-8-7-12-21-18(20-3)22-13-11-16-9-5-6-10-17(16)19;/h5-6,9-10,15H,7-8,11-14H2,1-4H3,(H2,20,21,22);1H. The number of halogens is 2. The molecule has 0 radical (unpaired) electrons. The summed E-state index contributed by atoms with van der Waals surface area (Å²) in [6.07, 6.45) is 2.91. The van der Waals surface area contributed by atoms with Gasteiger partial charge in [0, 0.05) is 26.2 Å². The van der Waals surface area contributed by atoms with E-state index in [-0.39, 0.29) is 29.8 Å². The molecule has 0 amide bonds. The lowest BCUT2D eigenvalue weighted by molar-refractivity contribution is 0.268. The van der Waals surface area contributed by atoms with Gasteiger partial charge in [0.15, 0.2) is 5.96 Å². The van der Waals surface area contributed by atoms with Crippen LogP contribution < -0.4 is 10.6 Å². The normalized spacial score (nSPS) is 11.5. The maximum Gasteiger partial charge on any atom is 0.190 e. The molecule has 0 aliphatic rings. The monoisotopic (exact) mass is 450 g/mol. The molecule has 2 N–H and O–H groups in total. The molecule has 1 rings (SSSR count). The number of hydrogen-bond acceptors (Lipinski definition) is 2. The summed E-state index contributed by atoms with van der Waals surface area (Å²) in [6.45, 7) is 7.08. The van der Waals surface area contributed by atoms with E-state index in [9.17, 15) is 4.39 Å². The van der Waals surface area contributed by atoms with Crippen LogP contribution in [0.25, 0.3) is 0 Å². The minimum Gasteiger partial charge on any atom is -0.356 e. The Hall–Kier alpha value is -0.890. The Morgan fingerprint density at radius 2 is 1.83 bits per heavy atom. The number of unbranched alkanes of at least 4 members (excludes halogenated alkanes) is 1. The first kappa shape index (κ1) is 23.1. The van der Waals surface area contributed by atoms with Gasteiger partial charge in [0.2, 0.25) is 0 Å². The molecule has 0 spiro atoms. The lowest BCUT2D eigenvalue weighted by atomic mass is 10.1. The van der Waals surface area contributed by atoms with E-state index in [4.69, 9.17) is 0 Å². The van der Waals surface area contributed by atoms with Crippen LogP contribution in [0.15, 0.2) is 29.3 Å². The molecule has 0 aromatic heterocycles. The van der Waals surface area contributed by atoms with Gasteiger partial charge in [-0.25, -0.2) is 4.39 Å². The number of hydrogen-bond donors (Lipinski definition) is 2. The van der Waals surface area contributed by atoms with Crippen LogP contribution in [0.4, 0.5) is 4.39 Å². The molecule has 24 heavy (non-hydrogen) atoms. The van der Waals surface area contributed by atoms with Gasteiger partial charge in [-0.15, -0.1) is 24.0 Å². The van der Waals surface area contributed by atoms with Crippen molar-refractivity contribution in [1.29, 1.82) is 0 Å². The lowest BCUT2D eigenvalue weighted by Gasteiger charge is -2.20. The fraction of sp³-hybridized carbons (Fsp3) is 0.611. The molecular formula is C18H32FIN4. The molecule has 1 aromatic rings. The van der Waals surface area contributed by atoms with Gasteiger partial charge in [-0.3, -0.25) is 4.99 Å². The number of rotatable bonds is 9. The summed E-state index contributed by atoms with van der Waals surface area (Å²) >= 11 is 0. The zero-order valence-electron chi connectivity index (χ0n) is 15.3. The van der Waals surface area contributed by atoms with Crippen LogP contribution in [0.3, 0.4) is 0 Å². The predicted molar refractivity (Wildman–Crippen MR) is 112 cm³/mol. The molecule has 0 aliphatic heterocycles. The van der Waals surface area contributed by atoms with Crippen LogP contribution in [0, 0.1) is 5.82 Å². The summed E-state index contributed by atoms with van der Waals surface area (Å²) in [6, 6.07) is 7.48. The lowest BCUT2D eigenvalue weighted by Crippen LogP contribution is -2.39. The molecule has 1 aromatic carbocycles. The van der Waals surface area contributed by atoms with Crippen molar-refractivity contribution in [2.45, 2.75) is 39.2 Å². The number of nitrogens with zero attached hydrogens (tertiary/aromatic N) is 2. The van der Waals surface area contributed by atoms with Crippen molar-refractivity contribution in [3.8, 4) is 0 Å². The first-order chi connectivity index (χ1) is 11.0.